The quantitative estimate of drug-likeness (QED) is 0.373. The summed E-state index contributed by atoms with van der Waals surface area (Å²) in [4.78, 5) is 45.1. The van der Waals surface area contributed by atoms with Crippen LogP contribution < -0.4 is 10.0 Å². The highest BCUT2D eigenvalue weighted by molar-refractivity contribution is 7.88. The molecule has 2 N–H and O–H groups in total. The van der Waals surface area contributed by atoms with E-state index in [1.807, 2.05) is 0 Å². The molecule has 3 atom stereocenters. The van der Waals surface area contributed by atoms with E-state index >= 15 is 0 Å². The summed E-state index contributed by atoms with van der Waals surface area (Å²) in [6.07, 6.45) is -2.87. The van der Waals surface area contributed by atoms with E-state index in [9.17, 15) is 36.0 Å². The average molecular weight is 602 g/mol. The summed E-state index contributed by atoms with van der Waals surface area (Å²) in [7, 11) is -3.70. The lowest BCUT2D eigenvalue weighted by atomic mass is 9.98. The molecule has 0 aliphatic carbocycles. The van der Waals surface area contributed by atoms with Gasteiger partial charge in [-0.3, -0.25) is 14.4 Å². The van der Waals surface area contributed by atoms with Crippen LogP contribution in [0.1, 0.15) is 68.2 Å². The first-order chi connectivity index (χ1) is 19.0. The molecule has 1 aliphatic rings. The highest BCUT2D eigenvalue weighted by Crippen LogP contribution is 2.30. The number of rotatable bonds is 11. The van der Waals surface area contributed by atoms with Crippen LogP contribution in [0, 0.1) is 11.8 Å². The van der Waals surface area contributed by atoms with Crippen molar-refractivity contribution in [1.29, 1.82) is 0 Å². The molecule has 3 rings (SSSR count). The van der Waals surface area contributed by atoms with Crippen LogP contribution >= 0.6 is 0 Å². The summed E-state index contributed by atoms with van der Waals surface area (Å²) in [5.41, 5.74) is -0.577. The van der Waals surface area contributed by atoms with Crippen LogP contribution in [-0.4, -0.2) is 72.0 Å². The van der Waals surface area contributed by atoms with Gasteiger partial charge in [0.25, 0.3) is 0 Å². The summed E-state index contributed by atoms with van der Waals surface area (Å²) in [6.45, 7) is 7.00. The summed E-state index contributed by atoms with van der Waals surface area (Å²) in [5.74, 6) is -3.00. The predicted octanol–water partition coefficient (Wildman–Crippen LogP) is 2.57. The minimum atomic E-state index is -4.52. The highest BCUT2D eigenvalue weighted by atomic mass is 32.2. The van der Waals surface area contributed by atoms with Crippen LogP contribution in [-0.2, 0) is 32.2 Å². The van der Waals surface area contributed by atoms with Crippen molar-refractivity contribution < 1.29 is 40.5 Å². The van der Waals surface area contributed by atoms with Gasteiger partial charge in [-0.25, -0.2) is 13.1 Å². The van der Waals surface area contributed by atoms with Crippen molar-refractivity contribution in [2.24, 2.45) is 11.8 Å². The molecule has 0 spiro atoms. The van der Waals surface area contributed by atoms with Crippen LogP contribution in [0.25, 0.3) is 0 Å². The Morgan fingerprint density at radius 2 is 1.78 bits per heavy atom. The second-order valence-corrected chi connectivity index (χ2v) is 12.6. The molecule has 0 bridgehead atoms. The monoisotopic (exact) mass is 601 g/mol. The van der Waals surface area contributed by atoms with Crippen LogP contribution in [0.3, 0.4) is 0 Å². The van der Waals surface area contributed by atoms with Gasteiger partial charge in [0.05, 0.1) is 24.3 Å². The lowest BCUT2D eigenvalue weighted by molar-refractivity contribution is -0.140. The van der Waals surface area contributed by atoms with Crippen LogP contribution in [0.15, 0.2) is 28.8 Å². The van der Waals surface area contributed by atoms with Crippen molar-refractivity contribution >= 4 is 27.6 Å². The van der Waals surface area contributed by atoms with Crippen LogP contribution in [0.2, 0.25) is 0 Å². The number of ketones is 1. The first-order valence-electron chi connectivity index (χ1n) is 13.1. The zero-order valence-electron chi connectivity index (χ0n) is 23.4. The largest absolute Gasteiger partial charge is 0.416 e. The van der Waals surface area contributed by atoms with Crippen LogP contribution in [0.4, 0.5) is 13.2 Å². The van der Waals surface area contributed by atoms with E-state index in [0.717, 1.165) is 18.4 Å². The van der Waals surface area contributed by atoms with Gasteiger partial charge in [-0.15, -0.1) is 0 Å². The molecule has 226 valence electrons. The normalized spacial score (nSPS) is 17.6. The Labute approximate surface area is 236 Å². The maximum atomic E-state index is 13.3. The maximum Gasteiger partial charge on any atom is 0.416 e. The number of likely N-dealkylation sites (tertiary alicyclic amines) is 1. The molecule has 2 aromatic rings. The molecule has 0 radical (unpaired) electrons. The van der Waals surface area contributed by atoms with E-state index < -0.39 is 63.4 Å². The molecule has 1 saturated heterocycles. The molecule has 2 amide bonds. The van der Waals surface area contributed by atoms with Crippen LogP contribution in [0.5, 0.6) is 0 Å². The fourth-order valence-corrected chi connectivity index (χ4v) is 5.40. The highest BCUT2D eigenvalue weighted by Gasteiger charge is 2.40. The number of alkyl halides is 3. The van der Waals surface area contributed by atoms with Gasteiger partial charge in [0.15, 0.2) is 0 Å². The Morgan fingerprint density at radius 3 is 2.37 bits per heavy atom. The van der Waals surface area contributed by atoms with Crippen molar-refractivity contribution in [3.05, 3.63) is 47.1 Å². The van der Waals surface area contributed by atoms with Gasteiger partial charge in [0.1, 0.15) is 12.1 Å². The number of carbonyl (C=O) groups is 3. The molecule has 1 aromatic carbocycles. The Morgan fingerprint density at radius 1 is 1.12 bits per heavy atom. The fraction of sp³-hybridized carbons (Fsp3) is 0.577. The van der Waals surface area contributed by atoms with Gasteiger partial charge < -0.3 is 14.7 Å². The second kappa shape index (κ2) is 12.7. The summed E-state index contributed by atoms with van der Waals surface area (Å²) < 4.78 is 70.1. The number of halogens is 3. The SMILES string of the molecule is CC(C)[C@H](NC(=O)[C@@H]1CCCN1C(=O)[C@@H](NS(C)(=O)=O)C(C)C)C(=O)c1noc(Cc2cccc(C(F)(F)F)c2)n1. The number of nitrogens with zero attached hydrogens (tertiary/aromatic N) is 3. The zero-order valence-corrected chi connectivity index (χ0v) is 24.2. The zero-order chi connectivity index (χ0) is 30.7. The third-order valence-electron chi connectivity index (χ3n) is 6.66. The standard InChI is InChI=1S/C26H34F3N5O6S/c1-14(2)20(22(35)23-30-19(40-32-23)13-16-8-6-9-17(12-16)26(27,28)29)31-24(36)18-10-7-11-34(18)25(37)21(15(3)4)33-41(5,38)39/h6,8-9,12,14-15,18,20-21,33H,7,10-11,13H2,1-5H3,(H,31,36)/t18-,20-,21-/m0/s1. The predicted molar refractivity (Wildman–Crippen MR) is 141 cm³/mol. The Balaban J connectivity index is 1.73. The number of hydrogen-bond acceptors (Lipinski definition) is 8. The Bertz CT molecular complexity index is 1380. The molecular weight excluding hydrogens is 567 g/mol. The number of amides is 2. The molecule has 15 heteroatoms. The third kappa shape index (κ3) is 8.35. The number of hydrogen-bond donors (Lipinski definition) is 2. The van der Waals surface area contributed by atoms with Crippen molar-refractivity contribution in [1.82, 2.24) is 25.1 Å². The smallest absolute Gasteiger partial charge is 0.344 e. The average Bonchev–Trinajstić information content (AvgIpc) is 3.54. The van der Waals surface area contributed by atoms with E-state index in [4.69, 9.17) is 4.52 Å². The van der Waals surface area contributed by atoms with Crippen molar-refractivity contribution in [3.63, 3.8) is 0 Å². The second-order valence-electron chi connectivity index (χ2n) is 10.8. The number of benzene rings is 1. The van der Waals surface area contributed by atoms with Crippen molar-refractivity contribution in [3.8, 4) is 0 Å². The third-order valence-corrected chi connectivity index (χ3v) is 7.34. The maximum absolute atomic E-state index is 13.3. The number of sulfonamides is 1. The van der Waals surface area contributed by atoms with Gasteiger partial charge in [-0.1, -0.05) is 51.1 Å². The first kappa shape index (κ1) is 32.2. The van der Waals surface area contributed by atoms with E-state index in [-0.39, 0.29) is 36.2 Å². The summed E-state index contributed by atoms with van der Waals surface area (Å²) >= 11 is 0. The van der Waals surface area contributed by atoms with Crippen molar-refractivity contribution in [2.45, 2.75) is 71.3 Å². The Kier molecular flexibility index (Phi) is 9.95. The summed E-state index contributed by atoms with van der Waals surface area (Å²) in [5, 5.41) is 6.35. The summed E-state index contributed by atoms with van der Waals surface area (Å²) in [6, 6.07) is 1.54. The number of carbonyl (C=O) groups excluding carboxylic acids is 3. The minimum Gasteiger partial charge on any atom is -0.344 e. The van der Waals surface area contributed by atoms with E-state index in [1.165, 1.54) is 17.0 Å². The van der Waals surface area contributed by atoms with Crippen molar-refractivity contribution in [2.75, 3.05) is 12.8 Å². The van der Waals surface area contributed by atoms with Gasteiger partial charge in [0.2, 0.25) is 39.3 Å². The molecular formula is C26H34F3N5O6S. The molecule has 1 aliphatic heterocycles. The molecule has 2 heterocycles. The molecule has 0 unspecified atom stereocenters. The first-order valence-corrected chi connectivity index (χ1v) is 15.0. The molecule has 0 saturated carbocycles. The lowest BCUT2D eigenvalue weighted by Crippen LogP contribution is -2.57. The molecule has 11 nitrogen and oxygen atoms in total. The molecule has 41 heavy (non-hydrogen) atoms. The van der Waals surface area contributed by atoms with E-state index in [2.05, 4.69) is 20.2 Å². The topological polar surface area (TPSA) is 152 Å². The Hall–Kier alpha value is -3.33. The fourth-order valence-electron chi connectivity index (χ4n) is 4.57. The molecule has 1 aromatic heterocycles. The van der Waals surface area contributed by atoms with Gasteiger partial charge in [-0.2, -0.15) is 18.2 Å². The number of aromatic nitrogens is 2. The van der Waals surface area contributed by atoms with E-state index in [0.29, 0.717) is 12.8 Å². The number of Topliss-reactive ketones (excluding diaryl/α,β-unsaturated/α-hetero) is 1. The minimum absolute atomic E-state index is 0.0767. The lowest BCUT2D eigenvalue weighted by Gasteiger charge is -2.31. The van der Waals surface area contributed by atoms with Gasteiger partial charge in [-0.05, 0) is 36.3 Å². The number of nitrogens with one attached hydrogen (secondary N) is 2. The molecule has 1 fully saturated rings. The van der Waals surface area contributed by atoms with Gasteiger partial charge in [0, 0.05) is 6.54 Å². The van der Waals surface area contributed by atoms with Gasteiger partial charge >= 0.3 is 6.18 Å². The van der Waals surface area contributed by atoms with E-state index in [1.54, 1.807) is 27.7 Å².